The molecule has 0 atom stereocenters. The zero-order valence-corrected chi connectivity index (χ0v) is 13.1. The van der Waals surface area contributed by atoms with E-state index in [0.717, 1.165) is 5.52 Å². The molecule has 118 valence electrons. The minimum absolute atomic E-state index is 0.150. The molecular weight excluding hydrogens is 316 g/mol. The van der Waals surface area contributed by atoms with E-state index >= 15 is 0 Å². The van der Waals surface area contributed by atoms with Crippen LogP contribution in [0.1, 0.15) is 0 Å². The third kappa shape index (κ3) is 2.12. The predicted octanol–water partition coefficient (Wildman–Crippen LogP) is 2.72. The van der Waals surface area contributed by atoms with E-state index in [4.69, 9.17) is 9.47 Å². The molecular formula is C16H14N2O4S. The monoisotopic (exact) mass is 330 g/mol. The number of ether oxygens (including phenoxy) is 2. The molecule has 0 fully saturated rings. The molecule has 1 N–H and O–H groups in total. The fourth-order valence-electron chi connectivity index (χ4n) is 2.63. The second kappa shape index (κ2) is 4.92. The van der Waals surface area contributed by atoms with Crippen molar-refractivity contribution in [2.45, 2.75) is 4.90 Å². The van der Waals surface area contributed by atoms with Gasteiger partial charge in [-0.1, -0.05) is 18.2 Å². The van der Waals surface area contributed by atoms with Gasteiger partial charge in [-0.05, 0) is 18.2 Å². The van der Waals surface area contributed by atoms with Gasteiger partial charge < -0.3 is 14.5 Å². The fourth-order valence-corrected chi connectivity index (χ4v) is 3.98. The van der Waals surface area contributed by atoms with Gasteiger partial charge in [-0.25, -0.2) is 8.42 Å². The number of aromatic amines is 1. The minimum atomic E-state index is -3.69. The summed E-state index contributed by atoms with van der Waals surface area (Å²) in [7, 11) is -2.16. The Hall–Kier alpha value is -2.67. The number of rotatable bonds is 3. The van der Waals surface area contributed by atoms with Crippen LogP contribution in [0.25, 0.3) is 10.9 Å². The first-order valence-corrected chi connectivity index (χ1v) is 8.46. The van der Waals surface area contributed by atoms with E-state index in [1.165, 1.54) is 17.5 Å². The molecule has 2 aromatic carbocycles. The first-order valence-electron chi connectivity index (χ1n) is 7.02. The van der Waals surface area contributed by atoms with Crippen LogP contribution < -0.4 is 13.8 Å². The zero-order chi connectivity index (χ0) is 16.0. The standard InChI is InChI=1S/C16H14N2O4S/c1-18(11-6-7-14-15(8-11)22-10-21-14)23(19,20)16-9-17-13-5-3-2-4-12(13)16/h2-9,17H,10H2,1H3. The number of benzene rings is 2. The lowest BCUT2D eigenvalue weighted by Gasteiger charge is -2.19. The number of H-pyrrole nitrogens is 1. The summed E-state index contributed by atoms with van der Waals surface area (Å²) in [6.45, 7) is 0.150. The third-order valence-corrected chi connectivity index (χ3v) is 5.73. The lowest BCUT2D eigenvalue weighted by atomic mass is 10.2. The molecule has 3 aromatic rings. The summed E-state index contributed by atoms with van der Waals surface area (Å²) in [5, 5.41) is 0.667. The van der Waals surface area contributed by atoms with Crippen LogP contribution >= 0.6 is 0 Å². The number of hydrogen-bond donors (Lipinski definition) is 1. The molecule has 1 aliphatic heterocycles. The number of anilines is 1. The Balaban J connectivity index is 1.79. The second-order valence-electron chi connectivity index (χ2n) is 5.21. The highest BCUT2D eigenvalue weighted by Crippen LogP contribution is 2.37. The van der Waals surface area contributed by atoms with Gasteiger partial charge in [0.15, 0.2) is 11.5 Å². The van der Waals surface area contributed by atoms with Crippen LogP contribution in [0.15, 0.2) is 53.6 Å². The van der Waals surface area contributed by atoms with E-state index in [1.807, 2.05) is 18.2 Å². The number of nitrogens with zero attached hydrogens (tertiary/aromatic N) is 1. The fraction of sp³-hybridized carbons (Fsp3) is 0.125. The Morgan fingerprint density at radius 2 is 1.87 bits per heavy atom. The first kappa shape index (κ1) is 14.0. The van der Waals surface area contributed by atoms with Crippen molar-refractivity contribution in [2.24, 2.45) is 0 Å². The van der Waals surface area contributed by atoms with Gasteiger partial charge in [0.1, 0.15) is 4.90 Å². The lowest BCUT2D eigenvalue weighted by Crippen LogP contribution is -2.26. The van der Waals surface area contributed by atoms with E-state index < -0.39 is 10.0 Å². The van der Waals surface area contributed by atoms with Crippen LogP contribution in [0.4, 0.5) is 5.69 Å². The molecule has 1 aromatic heterocycles. The zero-order valence-electron chi connectivity index (χ0n) is 12.3. The largest absolute Gasteiger partial charge is 0.454 e. The summed E-state index contributed by atoms with van der Waals surface area (Å²) in [5.74, 6) is 1.16. The van der Waals surface area contributed by atoms with Crippen molar-refractivity contribution >= 4 is 26.6 Å². The smallest absolute Gasteiger partial charge is 0.266 e. The summed E-state index contributed by atoms with van der Waals surface area (Å²) in [6, 6.07) is 12.4. The lowest BCUT2D eigenvalue weighted by molar-refractivity contribution is 0.174. The van der Waals surface area contributed by atoms with E-state index in [2.05, 4.69) is 4.98 Å². The number of nitrogens with one attached hydrogen (secondary N) is 1. The van der Waals surface area contributed by atoms with Crippen LogP contribution in [0.3, 0.4) is 0 Å². The van der Waals surface area contributed by atoms with Gasteiger partial charge in [0.2, 0.25) is 6.79 Å². The van der Waals surface area contributed by atoms with Gasteiger partial charge in [-0.2, -0.15) is 0 Å². The molecule has 7 heteroatoms. The minimum Gasteiger partial charge on any atom is -0.454 e. The van der Waals surface area contributed by atoms with Crippen molar-refractivity contribution in [1.29, 1.82) is 0 Å². The number of hydrogen-bond acceptors (Lipinski definition) is 4. The maximum absolute atomic E-state index is 12.9. The van der Waals surface area contributed by atoms with Crippen LogP contribution in [0.2, 0.25) is 0 Å². The quantitative estimate of drug-likeness (QED) is 0.801. The molecule has 0 saturated heterocycles. The highest BCUT2D eigenvalue weighted by Gasteiger charge is 2.26. The maximum atomic E-state index is 12.9. The Morgan fingerprint density at radius 3 is 2.74 bits per heavy atom. The van der Waals surface area contributed by atoms with Crippen LogP contribution in [-0.4, -0.2) is 27.2 Å². The van der Waals surface area contributed by atoms with Crippen molar-refractivity contribution < 1.29 is 17.9 Å². The highest BCUT2D eigenvalue weighted by molar-refractivity contribution is 7.93. The average Bonchev–Trinajstić information content (AvgIpc) is 3.20. The molecule has 4 rings (SSSR count). The summed E-state index contributed by atoms with van der Waals surface area (Å²) in [5.41, 5.74) is 1.30. The third-order valence-electron chi connectivity index (χ3n) is 3.91. The Labute approximate surface area is 133 Å². The Bertz CT molecular complexity index is 994. The first-order chi connectivity index (χ1) is 11.1. The van der Waals surface area contributed by atoms with Crippen molar-refractivity contribution in [3.63, 3.8) is 0 Å². The van der Waals surface area contributed by atoms with Crippen molar-refractivity contribution in [1.82, 2.24) is 4.98 Å². The second-order valence-corrected chi connectivity index (χ2v) is 7.15. The van der Waals surface area contributed by atoms with Gasteiger partial charge in [0.05, 0.1) is 5.69 Å². The SMILES string of the molecule is CN(c1ccc2c(c1)OCO2)S(=O)(=O)c1c[nH]c2ccccc12. The maximum Gasteiger partial charge on any atom is 0.266 e. The van der Waals surface area contributed by atoms with Crippen LogP contribution in [0, 0.1) is 0 Å². The molecule has 23 heavy (non-hydrogen) atoms. The van der Waals surface area contributed by atoms with Crippen molar-refractivity contribution in [3.05, 3.63) is 48.7 Å². The Morgan fingerprint density at radius 1 is 1.09 bits per heavy atom. The Kier molecular flexibility index (Phi) is 2.99. The summed E-state index contributed by atoms with van der Waals surface area (Å²) in [6.07, 6.45) is 1.52. The molecule has 2 heterocycles. The molecule has 0 unspecified atom stereocenters. The summed E-state index contributed by atoms with van der Waals surface area (Å²) < 4.78 is 37.7. The van der Waals surface area contributed by atoms with Gasteiger partial charge >= 0.3 is 0 Å². The molecule has 0 bridgehead atoms. The molecule has 0 spiro atoms. The number of para-hydroxylation sites is 1. The molecule has 0 radical (unpaired) electrons. The predicted molar refractivity (Wildman–Crippen MR) is 86.5 cm³/mol. The van der Waals surface area contributed by atoms with Crippen LogP contribution in [-0.2, 0) is 10.0 Å². The summed E-state index contributed by atoms with van der Waals surface area (Å²) in [4.78, 5) is 3.24. The molecule has 0 amide bonds. The highest BCUT2D eigenvalue weighted by atomic mass is 32.2. The molecule has 6 nitrogen and oxygen atoms in total. The number of fused-ring (bicyclic) bond motifs is 2. The topological polar surface area (TPSA) is 71.6 Å². The normalized spacial score (nSPS) is 13.4. The van der Waals surface area contributed by atoms with E-state index in [0.29, 0.717) is 22.6 Å². The van der Waals surface area contributed by atoms with Gasteiger partial charge in [-0.15, -0.1) is 0 Å². The molecule has 0 saturated carbocycles. The van der Waals surface area contributed by atoms with E-state index in [1.54, 1.807) is 24.3 Å². The molecule has 1 aliphatic rings. The van der Waals surface area contributed by atoms with Gasteiger partial charge in [0, 0.05) is 30.2 Å². The number of aromatic nitrogens is 1. The van der Waals surface area contributed by atoms with Crippen LogP contribution in [0.5, 0.6) is 11.5 Å². The number of sulfonamides is 1. The van der Waals surface area contributed by atoms with Crippen molar-refractivity contribution in [3.8, 4) is 11.5 Å². The van der Waals surface area contributed by atoms with Gasteiger partial charge in [-0.3, -0.25) is 4.31 Å². The van der Waals surface area contributed by atoms with E-state index in [9.17, 15) is 8.42 Å². The van der Waals surface area contributed by atoms with Gasteiger partial charge in [0.25, 0.3) is 10.0 Å². The van der Waals surface area contributed by atoms with E-state index in [-0.39, 0.29) is 11.7 Å². The van der Waals surface area contributed by atoms with Crippen molar-refractivity contribution in [2.75, 3.05) is 18.1 Å². The average molecular weight is 330 g/mol. The molecule has 0 aliphatic carbocycles. The summed E-state index contributed by atoms with van der Waals surface area (Å²) >= 11 is 0.